The summed E-state index contributed by atoms with van der Waals surface area (Å²) in [6, 6.07) is 13.4. The molecule has 2 nitrogen and oxygen atoms in total. The molecule has 0 bridgehead atoms. The zero-order valence-electron chi connectivity index (χ0n) is 9.74. The molecule has 0 aliphatic rings. The van der Waals surface area contributed by atoms with Crippen molar-refractivity contribution in [1.82, 2.24) is 0 Å². The van der Waals surface area contributed by atoms with Crippen molar-refractivity contribution in [3.05, 3.63) is 47.5 Å². The Balaban J connectivity index is 2.54. The first-order chi connectivity index (χ1) is 8.26. The molecule has 0 aromatic heterocycles. The summed E-state index contributed by atoms with van der Waals surface area (Å²) < 4.78 is 10.7. The first-order valence-corrected chi connectivity index (χ1v) is 5.61. The lowest BCUT2D eigenvalue weighted by Crippen LogP contribution is -1.92. The van der Waals surface area contributed by atoms with E-state index >= 15 is 0 Å². The van der Waals surface area contributed by atoms with Crippen LogP contribution in [-0.4, -0.2) is 14.2 Å². The Labute approximate surface area is 106 Å². The van der Waals surface area contributed by atoms with Gasteiger partial charge in [-0.25, -0.2) is 0 Å². The van der Waals surface area contributed by atoms with Crippen LogP contribution in [-0.2, 0) is 0 Å². The molecule has 0 spiro atoms. The lowest BCUT2D eigenvalue weighted by Gasteiger charge is -2.12. The smallest absolute Gasteiger partial charge is 0.168 e. The summed E-state index contributed by atoms with van der Waals surface area (Å²) in [4.78, 5) is 0. The molecule has 2 aromatic rings. The first kappa shape index (κ1) is 11.8. The van der Waals surface area contributed by atoms with E-state index in [1.165, 1.54) is 0 Å². The highest BCUT2D eigenvalue weighted by Crippen LogP contribution is 2.37. The number of benzene rings is 2. The standard InChI is InChI=1S/C14H13ClO2/c1-16-13-5-3-4-12(14(13)17-2)10-6-8-11(15)9-7-10/h3-9H,1-2H3. The molecule has 0 fully saturated rings. The highest BCUT2D eigenvalue weighted by molar-refractivity contribution is 6.30. The topological polar surface area (TPSA) is 18.5 Å². The highest BCUT2D eigenvalue weighted by Gasteiger charge is 2.10. The minimum atomic E-state index is 0.718. The lowest BCUT2D eigenvalue weighted by atomic mass is 10.0. The van der Waals surface area contributed by atoms with Crippen LogP contribution in [0, 0.1) is 0 Å². The summed E-state index contributed by atoms with van der Waals surface area (Å²) >= 11 is 5.88. The van der Waals surface area contributed by atoms with E-state index in [1.54, 1.807) is 14.2 Å². The maximum absolute atomic E-state index is 5.88. The van der Waals surface area contributed by atoms with E-state index < -0.39 is 0 Å². The molecule has 2 aromatic carbocycles. The number of hydrogen-bond donors (Lipinski definition) is 0. The van der Waals surface area contributed by atoms with E-state index in [2.05, 4.69) is 0 Å². The Morgan fingerprint density at radius 3 is 2.18 bits per heavy atom. The summed E-state index contributed by atoms with van der Waals surface area (Å²) in [7, 11) is 3.26. The largest absolute Gasteiger partial charge is 0.493 e. The van der Waals surface area contributed by atoms with Crippen molar-refractivity contribution in [2.75, 3.05) is 14.2 Å². The van der Waals surface area contributed by atoms with Crippen molar-refractivity contribution < 1.29 is 9.47 Å². The summed E-state index contributed by atoms with van der Waals surface area (Å²) in [6.07, 6.45) is 0. The Morgan fingerprint density at radius 1 is 0.882 bits per heavy atom. The van der Waals surface area contributed by atoms with Gasteiger partial charge in [-0.2, -0.15) is 0 Å². The Hall–Kier alpha value is -1.67. The van der Waals surface area contributed by atoms with Crippen LogP contribution < -0.4 is 9.47 Å². The van der Waals surface area contributed by atoms with Crippen molar-refractivity contribution in [3.63, 3.8) is 0 Å². The minimum absolute atomic E-state index is 0.718. The predicted molar refractivity (Wildman–Crippen MR) is 70.0 cm³/mol. The van der Waals surface area contributed by atoms with Crippen LogP contribution >= 0.6 is 11.6 Å². The molecule has 0 radical (unpaired) electrons. The average molecular weight is 249 g/mol. The average Bonchev–Trinajstić information content (AvgIpc) is 2.38. The third-order valence-electron chi connectivity index (χ3n) is 2.56. The second-order valence-electron chi connectivity index (χ2n) is 3.55. The predicted octanol–water partition coefficient (Wildman–Crippen LogP) is 4.02. The van der Waals surface area contributed by atoms with Gasteiger partial charge in [0.05, 0.1) is 14.2 Å². The maximum atomic E-state index is 5.88. The summed E-state index contributed by atoms with van der Waals surface area (Å²) in [6.45, 7) is 0. The number of para-hydroxylation sites is 1. The number of hydrogen-bond acceptors (Lipinski definition) is 2. The van der Waals surface area contributed by atoms with E-state index in [-0.39, 0.29) is 0 Å². The molecule has 2 rings (SSSR count). The third-order valence-corrected chi connectivity index (χ3v) is 2.81. The van der Waals surface area contributed by atoms with Gasteiger partial charge in [0.1, 0.15) is 0 Å². The zero-order valence-corrected chi connectivity index (χ0v) is 10.5. The van der Waals surface area contributed by atoms with Gasteiger partial charge in [0, 0.05) is 10.6 Å². The number of rotatable bonds is 3. The van der Waals surface area contributed by atoms with E-state index in [0.29, 0.717) is 0 Å². The maximum Gasteiger partial charge on any atom is 0.168 e. The molecule has 88 valence electrons. The molecule has 0 saturated carbocycles. The molecule has 0 unspecified atom stereocenters. The van der Waals surface area contributed by atoms with E-state index in [4.69, 9.17) is 21.1 Å². The van der Waals surface area contributed by atoms with E-state index in [9.17, 15) is 0 Å². The summed E-state index contributed by atoms with van der Waals surface area (Å²) in [5.74, 6) is 1.46. The monoisotopic (exact) mass is 248 g/mol. The van der Waals surface area contributed by atoms with Crippen LogP contribution in [0.2, 0.25) is 5.02 Å². The van der Waals surface area contributed by atoms with Gasteiger partial charge in [0.25, 0.3) is 0 Å². The van der Waals surface area contributed by atoms with Crippen LogP contribution in [0.5, 0.6) is 11.5 Å². The second kappa shape index (κ2) is 5.11. The Morgan fingerprint density at radius 2 is 1.59 bits per heavy atom. The van der Waals surface area contributed by atoms with Gasteiger partial charge in [0.2, 0.25) is 0 Å². The molecule has 17 heavy (non-hydrogen) atoms. The highest BCUT2D eigenvalue weighted by atomic mass is 35.5. The Bertz CT molecular complexity index is 506. The molecular formula is C14H13ClO2. The van der Waals surface area contributed by atoms with Gasteiger partial charge in [-0.05, 0) is 23.8 Å². The van der Waals surface area contributed by atoms with Crippen molar-refractivity contribution in [2.24, 2.45) is 0 Å². The van der Waals surface area contributed by atoms with Crippen molar-refractivity contribution in [1.29, 1.82) is 0 Å². The molecule has 0 aliphatic heterocycles. The van der Waals surface area contributed by atoms with Gasteiger partial charge in [-0.15, -0.1) is 0 Å². The number of methoxy groups -OCH3 is 2. The molecule has 3 heteroatoms. The van der Waals surface area contributed by atoms with Gasteiger partial charge in [0.15, 0.2) is 11.5 Å². The van der Waals surface area contributed by atoms with Crippen LogP contribution in [0.4, 0.5) is 0 Å². The van der Waals surface area contributed by atoms with Crippen LogP contribution in [0.1, 0.15) is 0 Å². The molecule has 0 atom stereocenters. The fourth-order valence-corrected chi connectivity index (χ4v) is 1.87. The van der Waals surface area contributed by atoms with Crippen molar-refractivity contribution in [2.45, 2.75) is 0 Å². The van der Waals surface area contributed by atoms with Gasteiger partial charge >= 0.3 is 0 Å². The normalized spacial score (nSPS) is 10.1. The van der Waals surface area contributed by atoms with E-state index in [0.717, 1.165) is 27.6 Å². The molecule has 0 N–H and O–H groups in total. The quantitative estimate of drug-likeness (QED) is 0.817. The van der Waals surface area contributed by atoms with Gasteiger partial charge < -0.3 is 9.47 Å². The first-order valence-electron chi connectivity index (χ1n) is 5.23. The fourth-order valence-electron chi connectivity index (χ4n) is 1.74. The van der Waals surface area contributed by atoms with Crippen molar-refractivity contribution >= 4 is 11.6 Å². The van der Waals surface area contributed by atoms with Crippen LogP contribution in [0.25, 0.3) is 11.1 Å². The van der Waals surface area contributed by atoms with Crippen LogP contribution in [0.3, 0.4) is 0 Å². The fraction of sp³-hybridized carbons (Fsp3) is 0.143. The molecule has 0 aliphatic carbocycles. The van der Waals surface area contributed by atoms with Gasteiger partial charge in [-0.1, -0.05) is 35.9 Å². The molecule has 0 amide bonds. The van der Waals surface area contributed by atoms with E-state index in [1.807, 2.05) is 42.5 Å². The van der Waals surface area contributed by atoms with Crippen LogP contribution in [0.15, 0.2) is 42.5 Å². The number of ether oxygens (including phenoxy) is 2. The van der Waals surface area contributed by atoms with Gasteiger partial charge in [-0.3, -0.25) is 0 Å². The lowest BCUT2D eigenvalue weighted by molar-refractivity contribution is 0.356. The molecular weight excluding hydrogens is 236 g/mol. The SMILES string of the molecule is COc1cccc(-c2ccc(Cl)cc2)c1OC. The second-order valence-corrected chi connectivity index (χ2v) is 3.98. The van der Waals surface area contributed by atoms with Crippen molar-refractivity contribution in [3.8, 4) is 22.6 Å². The minimum Gasteiger partial charge on any atom is -0.493 e. The molecule has 0 heterocycles. The number of halogens is 1. The third kappa shape index (κ3) is 2.37. The summed E-state index contributed by atoms with van der Waals surface area (Å²) in [5, 5.41) is 0.718. The summed E-state index contributed by atoms with van der Waals surface area (Å²) in [5.41, 5.74) is 2.04. The molecule has 0 saturated heterocycles. The Kier molecular flexibility index (Phi) is 3.55. The zero-order chi connectivity index (χ0) is 12.3.